The Kier molecular flexibility index (Phi) is 12.7. The topological polar surface area (TPSA) is 114 Å². The van der Waals surface area contributed by atoms with E-state index in [1.54, 1.807) is 65.8 Å². The first-order valence-corrected chi connectivity index (χ1v) is 15.0. The summed E-state index contributed by atoms with van der Waals surface area (Å²) in [6, 6.07) is 13.3. The molecule has 0 aliphatic rings. The number of amides is 3. The van der Waals surface area contributed by atoms with Crippen LogP contribution in [0.2, 0.25) is 0 Å². The van der Waals surface area contributed by atoms with Gasteiger partial charge in [-0.05, 0) is 70.2 Å². The summed E-state index contributed by atoms with van der Waals surface area (Å²) in [5, 5.41) is 5.58. The highest BCUT2D eigenvalue weighted by atomic mass is 16.6. The summed E-state index contributed by atoms with van der Waals surface area (Å²) in [4.78, 5) is 55.6. The summed E-state index contributed by atoms with van der Waals surface area (Å²) in [5.74, 6) is -1.92. The first kappa shape index (κ1) is 36.1. The van der Waals surface area contributed by atoms with Crippen molar-refractivity contribution in [2.75, 3.05) is 7.05 Å². The number of ether oxygens (including phenoxy) is 2. The van der Waals surface area contributed by atoms with Crippen molar-refractivity contribution in [1.82, 2.24) is 15.5 Å². The van der Waals surface area contributed by atoms with Crippen molar-refractivity contribution in [3.8, 4) is 0 Å². The summed E-state index contributed by atoms with van der Waals surface area (Å²) < 4.78 is 11.1. The van der Waals surface area contributed by atoms with Gasteiger partial charge in [0, 0.05) is 13.5 Å². The number of esters is 1. The van der Waals surface area contributed by atoms with Crippen LogP contribution >= 0.6 is 0 Å². The van der Waals surface area contributed by atoms with Crippen LogP contribution < -0.4 is 10.6 Å². The van der Waals surface area contributed by atoms with Gasteiger partial charge in [0.1, 0.15) is 29.3 Å². The van der Waals surface area contributed by atoms with Crippen LogP contribution in [-0.2, 0) is 30.3 Å². The van der Waals surface area contributed by atoms with Gasteiger partial charge in [-0.2, -0.15) is 0 Å². The van der Waals surface area contributed by atoms with E-state index in [4.69, 9.17) is 9.47 Å². The zero-order chi connectivity index (χ0) is 33.2. The number of rotatable bonds is 12. The molecule has 0 saturated heterocycles. The van der Waals surface area contributed by atoms with Crippen LogP contribution in [0.5, 0.6) is 0 Å². The summed E-state index contributed by atoms with van der Waals surface area (Å²) in [6.07, 6.45) is 1.69. The number of alkyl carbamates (subject to hydrolysis) is 1. The van der Waals surface area contributed by atoms with Crippen LogP contribution in [0.25, 0.3) is 6.08 Å². The van der Waals surface area contributed by atoms with Crippen molar-refractivity contribution in [1.29, 1.82) is 0 Å². The number of likely N-dealkylation sites (N-methyl/N-ethyl adjacent to an activating group) is 1. The largest absolute Gasteiger partial charge is 0.458 e. The van der Waals surface area contributed by atoms with Crippen molar-refractivity contribution in [3.05, 3.63) is 77.9 Å². The Hall–Kier alpha value is -4.14. The number of benzene rings is 2. The highest BCUT2D eigenvalue weighted by Crippen LogP contribution is 2.25. The third-order valence-electron chi connectivity index (χ3n) is 6.89. The molecule has 0 fully saturated rings. The second kappa shape index (κ2) is 15.5. The van der Waals surface area contributed by atoms with E-state index in [9.17, 15) is 19.2 Å². The molecule has 0 heterocycles. The molecular formula is C35H49N3O6. The second-order valence-corrected chi connectivity index (χ2v) is 13.0. The van der Waals surface area contributed by atoms with Crippen LogP contribution in [0, 0.1) is 5.92 Å². The number of carbonyl (C=O) groups is 4. The van der Waals surface area contributed by atoms with Crippen LogP contribution in [0.1, 0.15) is 84.5 Å². The third kappa shape index (κ3) is 11.2. The van der Waals surface area contributed by atoms with Gasteiger partial charge >= 0.3 is 12.1 Å². The minimum atomic E-state index is -1.14. The zero-order valence-corrected chi connectivity index (χ0v) is 27.6. The summed E-state index contributed by atoms with van der Waals surface area (Å²) in [6.45, 7) is 18.1. The van der Waals surface area contributed by atoms with E-state index in [2.05, 4.69) is 17.2 Å². The predicted molar refractivity (Wildman–Crippen MR) is 173 cm³/mol. The van der Waals surface area contributed by atoms with Crippen LogP contribution in [0.3, 0.4) is 0 Å². The van der Waals surface area contributed by atoms with E-state index in [0.29, 0.717) is 12.0 Å². The molecule has 0 aliphatic heterocycles. The molecule has 0 aliphatic carbocycles. The lowest BCUT2D eigenvalue weighted by Crippen LogP contribution is -2.55. The Morgan fingerprint density at radius 2 is 1.52 bits per heavy atom. The number of carbonyl (C=O) groups excluding carboxylic acids is 4. The van der Waals surface area contributed by atoms with E-state index in [1.165, 1.54) is 11.9 Å². The molecular weight excluding hydrogens is 558 g/mol. The van der Waals surface area contributed by atoms with E-state index >= 15 is 0 Å². The van der Waals surface area contributed by atoms with Crippen molar-refractivity contribution < 1.29 is 28.7 Å². The molecule has 240 valence electrons. The number of nitrogens with one attached hydrogen (secondary N) is 2. The second-order valence-electron chi connectivity index (χ2n) is 13.0. The first-order chi connectivity index (χ1) is 20.5. The molecule has 2 aromatic rings. The molecule has 2 rings (SSSR count). The molecule has 9 nitrogen and oxygen atoms in total. The van der Waals surface area contributed by atoms with Crippen molar-refractivity contribution in [2.24, 2.45) is 5.92 Å². The van der Waals surface area contributed by atoms with Gasteiger partial charge in [-0.15, -0.1) is 0 Å². The highest BCUT2D eigenvalue weighted by molar-refractivity contribution is 5.94. The fraction of sp³-hybridized carbons (Fsp3) is 0.486. The maximum Gasteiger partial charge on any atom is 0.408 e. The van der Waals surface area contributed by atoms with Crippen molar-refractivity contribution >= 4 is 30.0 Å². The van der Waals surface area contributed by atoms with Crippen LogP contribution in [0.4, 0.5) is 4.79 Å². The SMILES string of the molecule is C=Cc1cccc(C(C(=O)NC(Cc2ccccc2)C(=O)OC(C)(C)C)N(C)C(=O)C(NC(=O)OC(C)(C)C)C(C)CC)c1. The fourth-order valence-electron chi connectivity index (χ4n) is 4.54. The highest BCUT2D eigenvalue weighted by Gasteiger charge is 2.38. The molecule has 0 aromatic heterocycles. The molecule has 0 spiro atoms. The minimum absolute atomic E-state index is 0.189. The average molecular weight is 608 g/mol. The molecule has 44 heavy (non-hydrogen) atoms. The van der Waals surface area contributed by atoms with Gasteiger partial charge in [0.25, 0.3) is 0 Å². The number of nitrogens with zero attached hydrogens (tertiary/aromatic N) is 1. The molecule has 2 N–H and O–H groups in total. The molecule has 0 radical (unpaired) electrons. The molecule has 4 atom stereocenters. The summed E-state index contributed by atoms with van der Waals surface area (Å²) in [7, 11) is 1.51. The predicted octanol–water partition coefficient (Wildman–Crippen LogP) is 5.84. The first-order valence-electron chi connectivity index (χ1n) is 15.0. The van der Waals surface area contributed by atoms with Gasteiger partial charge in [-0.3, -0.25) is 9.59 Å². The zero-order valence-electron chi connectivity index (χ0n) is 27.6. The Balaban J connectivity index is 2.52. The van der Waals surface area contributed by atoms with E-state index in [0.717, 1.165) is 11.1 Å². The van der Waals surface area contributed by atoms with Gasteiger partial charge in [0.15, 0.2) is 0 Å². The van der Waals surface area contributed by atoms with E-state index in [1.807, 2.05) is 50.2 Å². The number of hydrogen-bond donors (Lipinski definition) is 2. The maximum atomic E-state index is 14.2. The smallest absolute Gasteiger partial charge is 0.408 e. The van der Waals surface area contributed by atoms with Gasteiger partial charge in [-0.1, -0.05) is 81.5 Å². The lowest BCUT2D eigenvalue weighted by atomic mass is 9.95. The lowest BCUT2D eigenvalue weighted by molar-refractivity contribution is -0.159. The molecule has 2 aromatic carbocycles. The molecule has 0 bridgehead atoms. The van der Waals surface area contributed by atoms with Crippen molar-refractivity contribution in [2.45, 2.75) is 97.6 Å². The van der Waals surface area contributed by atoms with Crippen LogP contribution in [0.15, 0.2) is 61.2 Å². The van der Waals surface area contributed by atoms with Gasteiger partial charge in [0.05, 0.1) is 0 Å². The molecule has 3 amide bonds. The van der Waals surface area contributed by atoms with Gasteiger partial charge < -0.3 is 25.0 Å². The Labute approximate surface area is 262 Å². The summed E-state index contributed by atoms with van der Waals surface area (Å²) >= 11 is 0. The standard InChI is InChI=1S/C35H49N3O6/c1-11-23(3)28(37-33(42)44-35(7,8)9)31(40)38(10)29(26-20-16-19-24(12-2)21-26)30(39)36-27(32(41)43-34(4,5)6)22-25-17-14-13-15-18-25/h12-21,23,27-29H,2,11,22H2,1,3-10H3,(H,36,39)(H,37,42). The van der Waals surface area contributed by atoms with Gasteiger partial charge in [-0.25, -0.2) is 9.59 Å². The Morgan fingerprint density at radius 1 is 0.909 bits per heavy atom. The lowest BCUT2D eigenvalue weighted by Gasteiger charge is -2.34. The average Bonchev–Trinajstić information content (AvgIpc) is 2.93. The Morgan fingerprint density at radius 3 is 2.07 bits per heavy atom. The van der Waals surface area contributed by atoms with E-state index < -0.39 is 53.2 Å². The summed E-state index contributed by atoms with van der Waals surface area (Å²) in [5.41, 5.74) is 0.551. The fourth-order valence-corrected chi connectivity index (χ4v) is 4.54. The molecule has 9 heteroatoms. The molecule has 4 unspecified atom stereocenters. The van der Waals surface area contributed by atoms with Gasteiger partial charge in [0.2, 0.25) is 11.8 Å². The minimum Gasteiger partial charge on any atom is -0.458 e. The monoisotopic (exact) mass is 607 g/mol. The number of hydrogen-bond acceptors (Lipinski definition) is 6. The third-order valence-corrected chi connectivity index (χ3v) is 6.89. The Bertz CT molecular complexity index is 1300. The van der Waals surface area contributed by atoms with E-state index in [-0.39, 0.29) is 12.3 Å². The molecule has 0 saturated carbocycles. The normalized spacial score (nSPS) is 14.3. The van der Waals surface area contributed by atoms with Crippen LogP contribution in [-0.4, -0.2) is 59.1 Å². The quantitative estimate of drug-likeness (QED) is 0.293. The maximum absolute atomic E-state index is 14.2. The van der Waals surface area contributed by atoms with Crippen molar-refractivity contribution in [3.63, 3.8) is 0 Å².